The molecule has 3 aliphatic rings. The molecule has 5 rings (SSSR count). The summed E-state index contributed by atoms with van der Waals surface area (Å²) in [5, 5.41) is 4.43. The Labute approximate surface area is 180 Å². The van der Waals surface area contributed by atoms with E-state index < -0.39 is 5.72 Å². The van der Waals surface area contributed by atoms with Gasteiger partial charge in [-0.3, -0.25) is 4.99 Å². The highest BCUT2D eigenvalue weighted by Crippen LogP contribution is 2.39. The van der Waals surface area contributed by atoms with Crippen LogP contribution in [0.25, 0.3) is 5.70 Å². The molecule has 0 saturated carbocycles. The van der Waals surface area contributed by atoms with Gasteiger partial charge in [0.15, 0.2) is 5.84 Å². The minimum atomic E-state index is -0.735. The van der Waals surface area contributed by atoms with Crippen LogP contribution in [0.15, 0.2) is 76.3 Å². The third kappa shape index (κ3) is 3.60. The molecule has 1 fully saturated rings. The number of allylic oxidation sites excluding steroid dienone is 4. The maximum Gasteiger partial charge on any atom is 0.234 e. The van der Waals surface area contributed by atoms with E-state index in [4.69, 9.17) is 4.84 Å². The normalized spacial score (nSPS) is 24.3. The second-order valence-electron chi connectivity index (χ2n) is 8.14. The maximum absolute atomic E-state index is 13.4. The highest BCUT2D eigenvalue weighted by Gasteiger charge is 2.45. The lowest BCUT2D eigenvalue weighted by atomic mass is 9.95. The summed E-state index contributed by atoms with van der Waals surface area (Å²) in [7, 11) is 0. The molecule has 1 saturated heterocycles. The number of amidine groups is 1. The number of nitrogens with zero attached hydrogens (tertiary/aromatic N) is 5. The van der Waals surface area contributed by atoms with Gasteiger partial charge in [0.25, 0.3) is 0 Å². The highest BCUT2D eigenvalue weighted by atomic mass is 19.1. The van der Waals surface area contributed by atoms with E-state index in [1.165, 1.54) is 12.1 Å². The molecule has 0 bridgehead atoms. The number of imidazole rings is 1. The molecule has 158 valence electrons. The molecule has 0 amide bonds. The molecule has 31 heavy (non-hydrogen) atoms. The molecule has 2 aromatic rings. The number of piperidine rings is 1. The molecule has 4 heterocycles. The van der Waals surface area contributed by atoms with Crippen LogP contribution >= 0.6 is 0 Å². The van der Waals surface area contributed by atoms with Crippen molar-refractivity contribution >= 4 is 17.7 Å². The van der Waals surface area contributed by atoms with Gasteiger partial charge in [-0.1, -0.05) is 23.4 Å². The average molecular weight is 417 g/mol. The molecule has 1 unspecified atom stereocenters. The van der Waals surface area contributed by atoms with Gasteiger partial charge in [0.05, 0.1) is 18.6 Å². The molecular weight excluding hydrogens is 393 g/mol. The van der Waals surface area contributed by atoms with Gasteiger partial charge in [0.1, 0.15) is 5.82 Å². The van der Waals surface area contributed by atoms with Gasteiger partial charge >= 0.3 is 0 Å². The number of oxime groups is 1. The number of aromatic nitrogens is 2. The largest absolute Gasteiger partial charge is 0.360 e. The quantitative estimate of drug-likeness (QED) is 0.743. The van der Waals surface area contributed by atoms with E-state index >= 15 is 0 Å². The Morgan fingerprint density at radius 1 is 1.19 bits per heavy atom. The first-order valence-corrected chi connectivity index (χ1v) is 10.5. The van der Waals surface area contributed by atoms with Crippen molar-refractivity contribution in [1.82, 2.24) is 14.5 Å². The molecule has 1 aromatic carbocycles. The van der Waals surface area contributed by atoms with Gasteiger partial charge in [-0.05, 0) is 55.2 Å². The van der Waals surface area contributed by atoms with Crippen LogP contribution < -0.4 is 0 Å². The topological polar surface area (TPSA) is 55.0 Å². The fraction of sp³-hybridized carbons (Fsp3) is 0.292. The third-order valence-electron chi connectivity index (χ3n) is 5.92. The zero-order valence-corrected chi connectivity index (χ0v) is 17.6. The van der Waals surface area contributed by atoms with Gasteiger partial charge in [-0.15, -0.1) is 0 Å². The summed E-state index contributed by atoms with van der Waals surface area (Å²) in [5.74, 6) is 0.578. The lowest BCUT2D eigenvalue weighted by Crippen LogP contribution is -2.47. The van der Waals surface area contributed by atoms with Crippen molar-refractivity contribution in [3.05, 3.63) is 83.2 Å². The van der Waals surface area contributed by atoms with E-state index in [2.05, 4.69) is 38.3 Å². The van der Waals surface area contributed by atoms with E-state index in [0.29, 0.717) is 6.54 Å². The predicted octanol–water partition coefficient (Wildman–Crippen LogP) is 4.42. The van der Waals surface area contributed by atoms with Crippen molar-refractivity contribution in [1.29, 1.82) is 0 Å². The number of rotatable bonds is 3. The van der Waals surface area contributed by atoms with Crippen LogP contribution in [-0.2, 0) is 10.6 Å². The Morgan fingerprint density at radius 3 is 2.81 bits per heavy atom. The first-order valence-electron chi connectivity index (χ1n) is 10.5. The summed E-state index contributed by atoms with van der Waals surface area (Å²) < 4.78 is 15.4. The number of aliphatic imine (C=N–C) groups is 1. The van der Waals surface area contributed by atoms with Gasteiger partial charge in [0.2, 0.25) is 5.72 Å². The number of benzene rings is 1. The summed E-state index contributed by atoms with van der Waals surface area (Å²) in [6.45, 7) is 5.38. The number of hydrogen-bond donors (Lipinski definition) is 0. The van der Waals surface area contributed by atoms with Crippen LogP contribution in [-0.4, -0.2) is 39.6 Å². The standard InChI is InChI=1S/C24H24FN5O/c1-17-15-29(16-27-17)22-10-5-18(13-26-14-22)12-19-4-3-11-30-23(19)28-31-24(30,2)20-6-8-21(25)9-7-20/h5-10,12-13,15-16H,3-4,11,14H2,1-2H3/b19-12+. The number of halogens is 1. The fourth-order valence-electron chi connectivity index (χ4n) is 4.19. The van der Waals surface area contributed by atoms with Gasteiger partial charge in [-0.25, -0.2) is 9.37 Å². The SMILES string of the molecule is Cc1cn(C2=CC=C(/C=C3\CCCN4C3=NOC4(C)c3ccc(F)cc3)C=NC2)cn1. The molecule has 0 aliphatic carbocycles. The highest BCUT2D eigenvalue weighted by molar-refractivity contribution is 6.01. The number of fused-ring (bicyclic) bond motifs is 1. The first kappa shape index (κ1) is 19.5. The Hall–Kier alpha value is -3.48. The van der Waals surface area contributed by atoms with Gasteiger partial charge in [-0.2, -0.15) is 0 Å². The average Bonchev–Trinajstić information content (AvgIpc) is 3.27. The molecule has 0 N–H and O–H groups in total. The monoisotopic (exact) mass is 417 g/mol. The van der Waals surface area contributed by atoms with Gasteiger partial charge in [0, 0.05) is 37.1 Å². The maximum atomic E-state index is 13.4. The van der Waals surface area contributed by atoms with Crippen LogP contribution in [0.5, 0.6) is 0 Å². The van der Waals surface area contributed by atoms with Crippen LogP contribution in [0, 0.1) is 12.7 Å². The molecule has 3 aliphatic heterocycles. The summed E-state index contributed by atoms with van der Waals surface area (Å²) in [6.07, 6.45) is 13.9. The van der Waals surface area contributed by atoms with Crippen molar-refractivity contribution in [2.75, 3.05) is 13.1 Å². The fourth-order valence-corrected chi connectivity index (χ4v) is 4.19. The summed E-state index contributed by atoms with van der Waals surface area (Å²) in [4.78, 5) is 17.0. The van der Waals surface area contributed by atoms with Crippen molar-refractivity contribution in [3.8, 4) is 0 Å². The molecule has 0 radical (unpaired) electrons. The van der Waals surface area contributed by atoms with E-state index in [-0.39, 0.29) is 5.82 Å². The second kappa shape index (κ2) is 7.65. The second-order valence-corrected chi connectivity index (χ2v) is 8.14. The Balaban J connectivity index is 1.42. The molecule has 6 nitrogen and oxygen atoms in total. The summed E-state index contributed by atoms with van der Waals surface area (Å²) in [5.41, 5.74) is 4.33. The van der Waals surface area contributed by atoms with E-state index in [1.54, 1.807) is 12.1 Å². The molecule has 1 atom stereocenters. The minimum Gasteiger partial charge on any atom is -0.360 e. The zero-order chi connectivity index (χ0) is 21.4. The summed E-state index contributed by atoms with van der Waals surface area (Å²) >= 11 is 0. The summed E-state index contributed by atoms with van der Waals surface area (Å²) in [6, 6.07) is 6.44. The zero-order valence-electron chi connectivity index (χ0n) is 17.6. The molecule has 0 spiro atoms. The molecule has 1 aromatic heterocycles. The predicted molar refractivity (Wildman–Crippen MR) is 119 cm³/mol. The van der Waals surface area contributed by atoms with E-state index in [1.807, 2.05) is 37.2 Å². The minimum absolute atomic E-state index is 0.261. The van der Waals surface area contributed by atoms with E-state index in [9.17, 15) is 4.39 Å². The van der Waals surface area contributed by atoms with Crippen LogP contribution in [0.2, 0.25) is 0 Å². The lowest BCUT2D eigenvalue weighted by Gasteiger charge is -2.37. The van der Waals surface area contributed by atoms with Crippen LogP contribution in [0.3, 0.4) is 0 Å². The number of hydrogen-bond acceptors (Lipinski definition) is 5. The van der Waals surface area contributed by atoms with E-state index in [0.717, 1.165) is 53.3 Å². The van der Waals surface area contributed by atoms with Crippen molar-refractivity contribution in [2.24, 2.45) is 10.1 Å². The molecule has 7 heteroatoms. The van der Waals surface area contributed by atoms with Crippen molar-refractivity contribution < 1.29 is 9.23 Å². The van der Waals surface area contributed by atoms with Crippen LogP contribution in [0.1, 0.15) is 31.0 Å². The van der Waals surface area contributed by atoms with Crippen molar-refractivity contribution in [2.45, 2.75) is 32.4 Å². The Morgan fingerprint density at radius 2 is 2.03 bits per heavy atom. The number of aryl methyl sites for hydroxylation is 1. The Bertz CT molecular complexity index is 1150. The first-order chi connectivity index (χ1) is 15.0. The lowest BCUT2D eigenvalue weighted by molar-refractivity contribution is -0.0913. The van der Waals surface area contributed by atoms with Crippen molar-refractivity contribution in [3.63, 3.8) is 0 Å². The Kier molecular flexibility index (Phi) is 4.81. The van der Waals surface area contributed by atoms with Crippen LogP contribution in [0.4, 0.5) is 4.39 Å². The molecular formula is C24H24FN5O. The van der Waals surface area contributed by atoms with Gasteiger partial charge < -0.3 is 14.3 Å². The smallest absolute Gasteiger partial charge is 0.234 e. The third-order valence-corrected chi connectivity index (χ3v) is 5.92.